The van der Waals surface area contributed by atoms with Gasteiger partial charge in [-0.2, -0.15) is 0 Å². The Balaban J connectivity index is 3.46. The van der Waals surface area contributed by atoms with Crippen LogP contribution in [0.2, 0.25) is 0 Å². The van der Waals surface area contributed by atoms with E-state index in [0.717, 1.165) is 13.7 Å². The lowest BCUT2D eigenvalue weighted by Gasteiger charge is -2.22. The first-order valence-electron chi connectivity index (χ1n) is 9.76. The summed E-state index contributed by atoms with van der Waals surface area (Å²) in [5, 5.41) is 30.7. The maximum atomic E-state index is 12.9. The topological polar surface area (TPSA) is 136 Å². The van der Waals surface area contributed by atoms with Crippen molar-refractivity contribution in [3.8, 4) is 0 Å². The maximum Gasteiger partial charge on any atom is 0.336 e. The zero-order valence-corrected chi connectivity index (χ0v) is 18.7. The van der Waals surface area contributed by atoms with Crippen molar-refractivity contribution in [3.05, 3.63) is 31.5 Å². The predicted octanol–water partition coefficient (Wildman–Crippen LogP) is -4.06. The zero-order valence-electron chi connectivity index (χ0n) is 18.7. The van der Waals surface area contributed by atoms with Crippen molar-refractivity contribution in [2.75, 3.05) is 61.9 Å². The Kier molecular flexibility index (Phi) is 10.1. The molecule has 1 aromatic rings. The molecule has 0 aromatic carbocycles. The van der Waals surface area contributed by atoms with Gasteiger partial charge < -0.3 is 30.0 Å². The molecule has 0 saturated carbocycles. The summed E-state index contributed by atoms with van der Waals surface area (Å²) in [6.45, 7) is -0.330. The van der Waals surface area contributed by atoms with E-state index in [4.69, 9.17) is 0 Å². The fourth-order valence-corrected chi connectivity index (χ4v) is 3.22. The molecule has 0 amide bonds. The van der Waals surface area contributed by atoms with Gasteiger partial charge in [0.05, 0.1) is 37.9 Å². The molecule has 1 rings (SSSR count). The Labute approximate surface area is 175 Å². The van der Waals surface area contributed by atoms with Crippen LogP contribution in [0.4, 0.5) is 0 Å². The Bertz CT molecular complexity index is 703. The van der Waals surface area contributed by atoms with Crippen molar-refractivity contribution in [2.45, 2.75) is 37.9 Å². The molecule has 3 atom stereocenters. The molecule has 0 aliphatic heterocycles. The summed E-state index contributed by atoms with van der Waals surface area (Å²) in [5.74, 6) is 0. The molecular formula is C18H36N6O6. The van der Waals surface area contributed by atoms with Gasteiger partial charge in [-0.1, -0.05) is 0 Å². The minimum Gasteiger partial charge on any atom is -0.390 e. The monoisotopic (exact) mass is 432 g/mol. The predicted molar refractivity (Wildman–Crippen MR) is 113 cm³/mol. The van der Waals surface area contributed by atoms with Gasteiger partial charge in [-0.3, -0.25) is 0 Å². The summed E-state index contributed by atoms with van der Waals surface area (Å²) in [6.07, 6.45) is -3.07. The summed E-state index contributed by atoms with van der Waals surface area (Å²) in [7, 11) is 10.4. The van der Waals surface area contributed by atoms with Crippen LogP contribution >= 0.6 is 0 Å². The van der Waals surface area contributed by atoms with Crippen molar-refractivity contribution >= 4 is 0 Å². The van der Waals surface area contributed by atoms with Crippen molar-refractivity contribution < 1.29 is 15.3 Å². The number of aromatic nitrogens is 3. The van der Waals surface area contributed by atoms with E-state index >= 15 is 0 Å². The molecule has 1 aromatic heterocycles. The van der Waals surface area contributed by atoms with Gasteiger partial charge >= 0.3 is 17.1 Å². The summed E-state index contributed by atoms with van der Waals surface area (Å²) >= 11 is 0. The molecule has 174 valence electrons. The first-order chi connectivity index (χ1) is 13.8. The molecular weight excluding hydrogens is 396 g/mol. The largest absolute Gasteiger partial charge is 0.390 e. The molecule has 0 aliphatic carbocycles. The Morgan fingerprint density at radius 1 is 0.567 bits per heavy atom. The molecule has 0 saturated heterocycles. The molecule has 0 bridgehead atoms. The number of hydrogen-bond donors (Lipinski definition) is 3. The van der Waals surface area contributed by atoms with E-state index < -0.39 is 35.4 Å². The van der Waals surface area contributed by atoms with E-state index in [1.54, 1.807) is 57.0 Å². The maximum absolute atomic E-state index is 12.9. The Morgan fingerprint density at radius 2 is 0.767 bits per heavy atom. The summed E-state index contributed by atoms with van der Waals surface area (Å²) in [6, 6.07) is 0. The van der Waals surface area contributed by atoms with Crippen molar-refractivity contribution in [1.29, 1.82) is 0 Å². The number of nitrogens with zero attached hydrogens (tertiary/aromatic N) is 6. The third-order valence-electron chi connectivity index (χ3n) is 4.29. The van der Waals surface area contributed by atoms with E-state index in [0.29, 0.717) is 0 Å². The molecule has 0 fully saturated rings. The highest BCUT2D eigenvalue weighted by atomic mass is 16.3. The summed E-state index contributed by atoms with van der Waals surface area (Å²) in [4.78, 5) is 43.7. The molecule has 12 heteroatoms. The average Bonchev–Trinajstić information content (AvgIpc) is 2.57. The minimum absolute atomic E-state index is 0.206. The van der Waals surface area contributed by atoms with Crippen LogP contribution in [0.5, 0.6) is 0 Å². The van der Waals surface area contributed by atoms with Crippen molar-refractivity contribution in [1.82, 2.24) is 28.4 Å². The van der Waals surface area contributed by atoms with Crippen LogP contribution in [0.3, 0.4) is 0 Å². The highest BCUT2D eigenvalue weighted by Gasteiger charge is 2.21. The number of rotatable bonds is 12. The molecule has 3 unspecified atom stereocenters. The third kappa shape index (κ3) is 7.78. The Morgan fingerprint density at radius 3 is 0.933 bits per heavy atom. The molecule has 1 heterocycles. The van der Waals surface area contributed by atoms with E-state index in [2.05, 4.69) is 0 Å². The van der Waals surface area contributed by atoms with E-state index in [1.165, 1.54) is 0 Å². The van der Waals surface area contributed by atoms with E-state index in [9.17, 15) is 29.7 Å². The van der Waals surface area contributed by atoms with Gasteiger partial charge in [0.1, 0.15) is 0 Å². The second-order valence-electron chi connectivity index (χ2n) is 8.43. The van der Waals surface area contributed by atoms with Crippen LogP contribution in [0.25, 0.3) is 0 Å². The SMILES string of the molecule is CN(C)CC(O)Cn1c(=O)n(CC(O)CN(C)C)c(=O)n(CC(O)CN(C)C)c1=O. The van der Waals surface area contributed by atoms with Gasteiger partial charge in [0.2, 0.25) is 0 Å². The second kappa shape index (κ2) is 11.5. The minimum atomic E-state index is -1.02. The smallest absolute Gasteiger partial charge is 0.336 e. The number of likely N-dealkylation sites (N-methyl/N-ethyl adjacent to an activating group) is 3. The quantitative estimate of drug-likeness (QED) is 0.301. The Hall–Kier alpha value is -1.83. The van der Waals surface area contributed by atoms with Gasteiger partial charge in [-0.05, 0) is 42.3 Å². The number of aliphatic hydroxyl groups excluding tert-OH is 3. The summed E-state index contributed by atoms with van der Waals surface area (Å²) in [5.41, 5.74) is -2.71. The molecule has 0 radical (unpaired) electrons. The van der Waals surface area contributed by atoms with Gasteiger partial charge in [-0.15, -0.1) is 0 Å². The zero-order chi connectivity index (χ0) is 23.2. The number of hydrogen-bond acceptors (Lipinski definition) is 9. The van der Waals surface area contributed by atoms with Crippen LogP contribution < -0.4 is 17.1 Å². The fourth-order valence-electron chi connectivity index (χ4n) is 3.22. The lowest BCUT2D eigenvalue weighted by molar-refractivity contribution is 0.0989. The number of aliphatic hydroxyl groups is 3. The van der Waals surface area contributed by atoms with Gasteiger partial charge in [-0.25, -0.2) is 28.1 Å². The highest BCUT2D eigenvalue weighted by Crippen LogP contribution is 1.93. The first-order valence-corrected chi connectivity index (χ1v) is 9.76. The van der Waals surface area contributed by atoms with Crippen molar-refractivity contribution in [2.24, 2.45) is 0 Å². The van der Waals surface area contributed by atoms with Crippen LogP contribution in [-0.2, 0) is 19.6 Å². The molecule has 0 aliphatic rings. The molecule has 0 spiro atoms. The molecule has 30 heavy (non-hydrogen) atoms. The lowest BCUT2D eigenvalue weighted by Crippen LogP contribution is -2.58. The summed E-state index contributed by atoms with van der Waals surface area (Å²) < 4.78 is 2.33. The molecule has 12 nitrogen and oxygen atoms in total. The van der Waals surface area contributed by atoms with Crippen LogP contribution in [0.1, 0.15) is 0 Å². The van der Waals surface area contributed by atoms with Gasteiger partial charge in [0.25, 0.3) is 0 Å². The normalized spacial score (nSPS) is 15.2. The third-order valence-corrected chi connectivity index (χ3v) is 4.29. The van der Waals surface area contributed by atoms with E-state index in [-0.39, 0.29) is 39.3 Å². The molecule has 3 N–H and O–H groups in total. The van der Waals surface area contributed by atoms with Crippen LogP contribution in [0.15, 0.2) is 14.4 Å². The second-order valence-corrected chi connectivity index (χ2v) is 8.43. The fraction of sp³-hybridized carbons (Fsp3) is 0.833. The van der Waals surface area contributed by atoms with Gasteiger partial charge in [0.15, 0.2) is 0 Å². The highest BCUT2D eigenvalue weighted by molar-refractivity contribution is 4.83. The van der Waals surface area contributed by atoms with E-state index in [1.807, 2.05) is 0 Å². The van der Waals surface area contributed by atoms with Crippen molar-refractivity contribution in [3.63, 3.8) is 0 Å². The average molecular weight is 433 g/mol. The van der Waals surface area contributed by atoms with Crippen LogP contribution in [0, 0.1) is 0 Å². The standard InChI is InChI=1S/C18H36N6O6/c1-19(2)7-13(25)10-22-16(28)23(11-14(26)8-20(3)4)18(30)24(17(22)29)12-15(27)9-21(5)6/h13-15,25-27H,7-12H2,1-6H3. The lowest BCUT2D eigenvalue weighted by atomic mass is 10.3. The first kappa shape index (κ1) is 26.2. The van der Waals surface area contributed by atoms with Crippen LogP contribution in [-0.4, -0.2) is 124 Å². The van der Waals surface area contributed by atoms with Gasteiger partial charge in [0, 0.05) is 19.6 Å².